The highest BCUT2D eigenvalue weighted by molar-refractivity contribution is 6.30. The zero-order valence-corrected chi connectivity index (χ0v) is 7.23. The monoisotopic (exact) mass is 187 g/mol. The molecule has 1 heterocycles. The van der Waals surface area contributed by atoms with E-state index in [1.807, 2.05) is 0 Å². The van der Waals surface area contributed by atoms with Gasteiger partial charge in [0.25, 0.3) is 0 Å². The first kappa shape index (κ1) is 9.13. The van der Waals surface area contributed by atoms with Gasteiger partial charge in [0, 0.05) is 6.20 Å². The largest absolute Gasteiger partial charge is 0.293 e. The van der Waals surface area contributed by atoms with E-state index in [-0.39, 0.29) is 11.4 Å². The maximum atomic E-state index is 12.8. The molecular formula is C8H7ClFNO. The number of carbonyl (C=O) groups is 1. The second-order valence-electron chi connectivity index (χ2n) is 2.41. The summed E-state index contributed by atoms with van der Waals surface area (Å²) in [5.74, 6) is -1.42. The fraction of sp³-hybridized carbons (Fsp3) is 0.250. The third-order valence-electron chi connectivity index (χ3n) is 1.40. The Morgan fingerprint density at radius 3 is 3.00 bits per heavy atom. The summed E-state index contributed by atoms with van der Waals surface area (Å²) in [6.45, 7) is 1.73. The van der Waals surface area contributed by atoms with Crippen LogP contribution in [0.25, 0.3) is 0 Å². The summed E-state index contributed by atoms with van der Waals surface area (Å²) in [5, 5.41) is 0. The Morgan fingerprint density at radius 2 is 2.42 bits per heavy atom. The molecule has 0 fully saturated rings. The smallest absolute Gasteiger partial charge is 0.223 e. The van der Waals surface area contributed by atoms with Crippen molar-refractivity contribution in [2.24, 2.45) is 0 Å². The summed E-state index contributed by atoms with van der Waals surface area (Å²) in [6.07, 6.45) is 1.36. The van der Waals surface area contributed by atoms with Crippen LogP contribution < -0.4 is 0 Å². The lowest BCUT2D eigenvalue weighted by atomic mass is 10.1. The molecule has 0 unspecified atom stereocenters. The zero-order valence-electron chi connectivity index (χ0n) is 6.47. The molecular weight excluding hydrogens is 181 g/mol. The maximum absolute atomic E-state index is 12.8. The summed E-state index contributed by atoms with van der Waals surface area (Å²) in [7, 11) is 0. The van der Waals surface area contributed by atoms with Crippen molar-refractivity contribution < 1.29 is 9.18 Å². The van der Waals surface area contributed by atoms with Crippen LogP contribution in [0.2, 0.25) is 0 Å². The Bertz CT molecular complexity index is 314. The standard InChI is InChI=1S/C8H7ClFNO/c1-5-2-6(7(12)3-9)8(10)11-4-5/h2,4H,3H2,1H3. The van der Waals surface area contributed by atoms with Gasteiger partial charge in [-0.1, -0.05) is 0 Å². The van der Waals surface area contributed by atoms with Crippen LogP contribution in [0.5, 0.6) is 0 Å². The van der Waals surface area contributed by atoms with Gasteiger partial charge in [-0.15, -0.1) is 11.6 Å². The summed E-state index contributed by atoms with van der Waals surface area (Å²) in [5.41, 5.74) is 0.704. The SMILES string of the molecule is Cc1cnc(F)c(C(=O)CCl)c1. The molecule has 1 aromatic rings. The van der Waals surface area contributed by atoms with Crippen LogP contribution in [-0.2, 0) is 0 Å². The molecule has 2 nitrogen and oxygen atoms in total. The van der Waals surface area contributed by atoms with Crippen molar-refractivity contribution in [3.05, 3.63) is 29.3 Å². The van der Waals surface area contributed by atoms with Crippen molar-refractivity contribution in [3.8, 4) is 0 Å². The van der Waals surface area contributed by atoms with E-state index < -0.39 is 11.7 Å². The highest BCUT2D eigenvalue weighted by Crippen LogP contribution is 2.08. The lowest BCUT2D eigenvalue weighted by Crippen LogP contribution is -2.05. The zero-order chi connectivity index (χ0) is 9.14. The number of halogens is 2. The van der Waals surface area contributed by atoms with Gasteiger partial charge in [0.2, 0.25) is 5.95 Å². The molecule has 0 amide bonds. The van der Waals surface area contributed by atoms with Crippen LogP contribution in [0.1, 0.15) is 15.9 Å². The van der Waals surface area contributed by atoms with Crippen LogP contribution >= 0.6 is 11.6 Å². The molecule has 0 aromatic carbocycles. The average Bonchev–Trinajstić information content (AvgIpc) is 2.08. The minimum atomic E-state index is -0.758. The number of hydrogen-bond donors (Lipinski definition) is 0. The molecule has 12 heavy (non-hydrogen) atoms. The number of alkyl halides is 1. The maximum Gasteiger partial charge on any atom is 0.223 e. The van der Waals surface area contributed by atoms with Crippen LogP contribution in [-0.4, -0.2) is 16.6 Å². The van der Waals surface area contributed by atoms with Gasteiger partial charge in [-0.25, -0.2) is 4.98 Å². The topological polar surface area (TPSA) is 30.0 Å². The molecule has 4 heteroatoms. The Morgan fingerprint density at radius 1 is 1.75 bits per heavy atom. The predicted molar refractivity (Wildman–Crippen MR) is 44.0 cm³/mol. The van der Waals surface area contributed by atoms with E-state index in [0.29, 0.717) is 0 Å². The minimum absolute atomic E-state index is 0.0370. The van der Waals surface area contributed by atoms with Crippen molar-refractivity contribution in [2.45, 2.75) is 6.92 Å². The summed E-state index contributed by atoms with van der Waals surface area (Å²) >= 11 is 5.27. The van der Waals surface area contributed by atoms with Crippen molar-refractivity contribution in [3.63, 3.8) is 0 Å². The van der Waals surface area contributed by atoms with Crippen LogP contribution in [0.4, 0.5) is 4.39 Å². The number of rotatable bonds is 2. The number of carbonyl (C=O) groups excluding carboxylic acids is 1. The first-order valence-corrected chi connectivity index (χ1v) is 3.90. The second kappa shape index (κ2) is 3.63. The third kappa shape index (κ3) is 1.80. The third-order valence-corrected chi connectivity index (χ3v) is 1.64. The molecule has 0 aliphatic heterocycles. The van der Waals surface area contributed by atoms with E-state index in [4.69, 9.17) is 11.6 Å². The van der Waals surface area contributed by atoms with E-state index in [1.165, 1.54) is 12.3 Å². The van der Waals surface area contributed by atoms with E-state index in [0.717, 1.165) is 5.56 Å². The van der Waals surface area contributed by atoms with Gasteiger partial charge in [0.15, 0.2) is 5.78 Å². The lowest BCUT2D eigenvalue weighted by molar-refractivity contribution is 0.101. The predicted octanol–water partition coefficient (Wildman–Crippen LogP) is 1.95. The first-order chi connectivity index (χ1) is 5.65. The van der Waals surface area contributed by atoms with Crippen molar-refractivity contribution in [1.29, 1.82) is 0 Å². The number of aromatic nitrogens is 1. The number of pyridine rings is 1. The Labute approximate surface area is 74.4 Å². The van der Waals surface area contributed by atoms with E-state index >= 15 is 0 Å². The summed E-state index contributed by atoms with van der Waals surface area (Å²) in [6, 6.07) is 1.44. The lowest BCUT2D eigenvalue weighted by Gasteiger charge is -1.98. The molecule has 0 bridgehead atoms. The molecule has 0 aliphatic carbocycles. The van der Waals surface area contributed by atoms with E-state index in [9.17, 15) is 9.18 Å². The molecule has 0 radical (unpaired) electrons. The fourth-order valence-electron chi connectivity index (χ4n) is 0.820. The van der Waals surface area contributed by atoms with Gasteiger partial charge in [-0.2, -0.15) is 4.39 Å². The average molecular weight is 188 g/mol. The second-order valence-corrected chi connectivity index (χ2v) is 2.68. The highest BCUT2D eigenvalue weighted by Gasteiger charge is 2.11. The van der Waals surface area contributed by atoms with E-state index in [2.05, 4.69) is 4.98 Å². The molecule has 0 aliphatic rings. The van der Waals surface area contributed by atoms with Gasteiger partial charge in [0.05, 0.1) is 11.4 Å². The highest BCUT2D eigenvalue weighted by atomic mass is 35.5. The molecule has 64 valence electrons. The van der Waals surface area contributed by atoms with Gasteiger partial charge in [0.1, 0.15) is 0 Å². The fourth-order valence-corrected chi connectivity index (χ4v) is 0.964. The van der Waals surface area contributed by atoms with Crippen molar-refractivity contribution in [1.82, 2.24) is 4.98 Å². The molecule has 0 atom stereocenters. The Balaban J connectivity index is 3.13. The van der Waals surface area contributed by atoms with Crippen molar-refractivity contribution >= 4 is 17.4 Å². The Kier molecular flexibility index (Phi) is 2.76. The first-order valence-electron chi connectivity index (χ1n) is 3.36. The van der Waals surface area contributed by atoms with Crippen LogP contribution in [0, 0.1) is 12.9 Å². The minimum Gasteiger partial charge on any atom is -0.293 e. The van der Waals surface area contributed by atoms with Gasteiger partial charge in [-0.3, -0.25) is 4.79 Å². The molecule has 0 N–H and O–H groups in total. The molecule has 1 aromatic heterocycles. The quantitative estimate of drug-likeness (QED) is 0.403. The number of Topliss-reactive ketones (excluding diaryl/α,β-unsaturated/α-hetero) is 1. The number of nitrogens with zero attached hydrogens (tertiary/aromatic N) is 1. The van der Waals surface area contributed by atoms with Crippen LogP contribution in [0.3, 0.4) is 0 Å². The summed E-state index contributed by atoms with van der Waals surface area (Å²) in [4.78, 5) is 14.4. The van der Waals surface area contributed by atoms with Gasteiger partial charge < -0.3 is 0 Å². The molecule has 1 rings (SSSR count). The van der Waals surface area contributed by atoms with Crippen molar-refractivity contribution in [2.75, 3.05) is 5.88 Å². The number of ketones is 1. The van der Waals surface area contributed by atoms with Gasteiger partial charge in [-0.05, 0) is 18.6 Å². The van der Waals surface area contributed by atoms with Gasteiger partial charge >= 0.3 is 0 Å². The number of aryl methyl sites for hydroxylation is 1. The van der Waals surface area contributed by atoms with E-state index in [1.54, 1.807) is 6.92 Å². The van der Waals surface area contributed by atoms with Crippen LogP contribution in [0.15, 0.2) is 12.3 Å². The molecule has 0 saturated heterocycles. The molecule has 0 saturated carbocycles. The summed E-state index contributed by atoms with van der Waals surface area (Å²) < 4.78 is 12.8. The number of hydrogen-bond acceptors (Lipinski definition) is 2. The molecule has 0 spiro atoms. The Hall–Kier alpha value is -0.960. The normalized spacial score (nSPS) is 9.92.